The van der Waals surface area contributed by atoms with Gasteiger partial charge in [0.25, 0.3) is 0 Å². The first kappa shape index (κ1) is 22.6. The van der Waals surface area contributed by atoms with Crippen molar-refractivity contribution in [3.05, 3.63) is 88.2 Å². The van der Waals surface area contributed by atoms with E-state index in [0.717, 1.165) is 15.6 Å². The Labute approximate surface area is 205 Å². The van der Waals surface area contributed by atoms with E-state index >= 15 is 0 Å². The van der Waals surface area contributed by atoms with Crippen molar-refractivity contribution in [3.63, 3.8) is 0 Å². The largest absolute Gasteiger partial charge is 0.480 e. The Morgan fingerprint density at radius 2 is 1.74 bits per heavy atom. The number of benzene rings is 2. The molecule has 7 nitrogen and oxygen atoms in total. The van der Waals surface area contributed by atoms with E-state index in [1.807, 2.05) is 30.3 Å². The number of carboxylic acids is 1. The lowest BCUT2D eigenvalue weighted by molar-refractivity contribution is -0.150. The Kier molecular flexibility index (Phi) is 6.10. The van der Waals surface area contributed by atoms with E-state index in [2.05, 4.69) is 45.2 Å². The van der Waals surface area contributed by atoms with Gasteiger partial charge in [0.1, 0.15) is 18.8 Å². The maximum Gasteiger partial charge on any atom is 0.409 e. The molecule has 1 unspecified atom stereocenters. The van der Waals surface area contributed by atoms with Gasteiger partial charge in [-0.1, -0.05) is 48.5 Å². The number of aromatic nitrogens is 1. The first-order chi connectivity index (χ1) is 16.5. The molecule has 1 atom stereocenters. The normalized spacial score (nSPS) is 19.0. The number of likely N-dealkylation sites (tertiary alicyclic amines) is 1. The van der Waals surface area contributed by atoms with Crippen LogP contribution in [0.1, 0.15) is 29.2 Å². The molecule has 1 N–H and O–H groups in total. The summed E-state index contributed by atoms with van der Waals surface area (Å²) >= 11 is 3.36. The molecule has 2 aromatic carbocycles. The van der Waals surface area contributed by atoms with Crippen molar-refractivity contribution in [3.8, 4) is 11.1 Å². The van der Waals surface area contributed by atoms with Gasteiger partial charge < -0.3 is 19.5 Å². The molecule has 1 fully saturated rings. The minimum atomic E-state index is -1.07. The maximum absolute atomic E-state index is 13.0. The highest BCUT2D eigenvalue weighted by Gasteiger charge is 2.45. The summed E-state index contributed by atoms with van der Waals surface area (Å²) < 4.78 is 12.4. The van der Waals surface area contributed by atoms with Crippen LogP contribution in [0.25, 0.3) is 11.1 Å². The van der Waals surface area contributed by atoms with Gasteiger partial charge in [-0.3, -0.25) is 4.98 Å². The van der Waals surface area contributed by atoms with E-state index < -0.39 is 24.3 Å². The average Bonchev–Trinajstić information content (AvgIpc) is 3.43. The predicted molar refractivity (Wildman–Crippen MR) is 128 cm³/mol. The van der Waals surface area contributed by atoms with E-state index in [4.69, 9.17) is 14.6 Å². The maximum atomic E-state index is 13.0. The third kappa shape index (κ3) is 4.19. The molecular weight excluding hydrogens is 500 g/mol. The van der Waals surface area contributed by atoms with Gasteiger partial charge in [-0.15, -0.1) is 0 Å². The van der Waals surface area contributed by atoms with Crippen LogP contribution in [-0.4, -0.2) is 53.4 Å². The highest BCUT2D eigenvalue weighted by atomic mass is 79.9. The van der Waals surface area contributed by atoms with Crippen molar-refractivity contribution >= 4 is 28.0 Å². The Balaban J connectivity index is 1.31. The summed E-state index contributed by atoms with van der Waals surface area (Å²) in [7, 11) is 0. The number of carbonyl (C=O) groups is 2. The second-order valence-corrected chi connectivity index (χ2v) is 9.43. The standard InChI is InChI=1S/C26H23BrN2O5/c27-17-9-10-23(28-13-17)26(34-15-24(30)31)11-12-29(16-26)25(32)33-14-22-20-7-3-1-5-18(20)19-6-2-4-8-21(19)22/h1-10,13,22H,11-12,14-16H2,(H,30,31). The molecule has 1 aromatic heterocycles. The second kappa shape index (κ2) is 9.19. The molecule has 34 heavy (non-hydrogen) atoms. The van der Waals surface area contributed by atoms with Crippen LogP contribution in [0.5, 0.6) is 0 Å². The number of rotatable bonds is 6. The molecule has 0 spiro atoms. The molecule has 1 aliphatic carbocycles. The lowest BCUT2D eigenvalue weighted by Crippen LogP contribution is -2.38. The highest BCUT2D eigenvalue weighted by Crippen LogP contribution is 2.44. The highest BCUT2D eigenvalue weighted by molar-refractivity contribution is 9.10. The van der Waals surface area contributed by atoms with Crippen LogP contribution in [0.2, 0.25) is 0 Å². The molecule has 0 bridgehead atoms. The minimum absolute atomic E-state index is 0.0277. The zero-order chi connectivity index (χ0) is 23.7. The summed E-state index contributed by atoms with van der Waals surface area (Å²) in [6.07, 6.45) is 1.62. The Morgan fingerprint density at radius 1 is 1.06 bits per heavy atom. The van der Waals surface area contributed by atoms with Crippen LogP contribution in [0.15, 0.2) is 71.3 Å². The lowest BCUT2D eigenvalue weighted by atomic mass is 9.97. The molecule has 1 saturated heterocycles. The van der Waals surface area contributed by atoms with Gasteiger partial charge in [0.15, 0.2) is 0 Å². The monoisotopic (exact) mass is 522 g/mol. The predicted octanol–water partition coefficient (Wildman–Crippen LogP) is 4.80. The van der Waals surface area contributed by atoms with Crippen molar-refractivity contribution in [2.45, 2.75) is 17.9 Å². The zero-order valence-electron chi connectivity index (χ0n) is 18.3. The van der Waals surface area contributed by atoms with Crippen molar-refractivity contribution in [1.82, 2.24) is 9.88 Å². The number of pyridine rings is 1. The number of halogens is 1. The lowest BCUT2D eigenvalue weighted by Gasteiger charge is -2.28. The topological polar surface area (TPSA) is 89.0 Å². The molecule has 0 radical (unpaired) electrons. The van der Waals surface area contributed by atoms with Crippen LogP contribution >= 0.6 is 15.9 Å². The van der Waals surface area contributed by atoms with Crippen LogP contribution < -0.4 is 0 Å². The fourth-order valence-corrected chi connectivity index (χ4v) is 5.10. The van der Waals surface area contributed by atoms with Gasteiger partial charge in [0.2, 0.25) is 0 Å². The van der Waals surface area contributed by atoms with E-state index in [1.54, 1.807) is 17.2 Å². The van der Waals surface area contributed by atoms with Gasteiger partial charge >= 0.3 is 12.1 Å². The number of fused-ring (bicyclic) bond motifs is 3. The fraction of sp³-hybridized carbons (Fsp3) is 0.269. The third-order valence-electron chi connectivity index (χ3n) is 6.49. The van der Waals surface area contributed by atoms with Crippen molar-refractivity contribution in [2.75, 3.05) is 26.3 Å². The van der Waals surface area contributed by atoms with Crippen molar-refractivity contribution < 1.29 is 24.2 Å². The summed E-state index contributed by atoms with van der Waals surface area (Å²) in [5.74, 6) is -1.10. The number of hydrogen-bond acceptors (Lipinski definition) is 5. The first-order valence-corrected chi connectivity index (χ1v) is 11.8. The average molecular weight is 523 g/mol. The summed E-state index contributed by atoms with van der Waals surface area (Å²) in [5.41, 5.74) is 4.23. The number of ether oxygens (including phenoxy) is 2. The molecule has 2 aliphatic rings. The van der Waals surface area contributed by atoms with E-state index in [0.29, 0.717) is 18.7 Å². The van der Waals surface area contributed by atoms with Crippen LogP contribution in [0, 0.1) is 0 Å². The van der Waals surface area contributed by atoms with Crippen LogP contribution in [-0.2, 0) is 19.9 Å². The summed E-state index contributed by atoms with van der Waals surface area (Å²) in [6.45, 7) is 0.304. The minimum Gasteiger partial charge on any atom is -0.480 e. The van der Waals surface area contributed by atoms with Gasteiger partial charge in [0.05, 0.1) is 12.2 Å². The Hall–Kier alpha value is -3.23. The first-order valence-electron chi connectivity index (χ1n) is 11.0. The zero-order valence-corrected chi connectivity index (χ0v) is 19.9. The molecular formula is C26H23BrN2O5. The van der Waals surface area contributed by atoms with Gasteiger partial charge in [-0.2, -0.15) is 0 Å². The molecule has 0 saturated carbocycles. The number of amides is 1. The third-order valence-corrected chi connectivity index (χ3v) is 6.96. The summed E-state index contributed by atoms with van der Waals surface area (Å²) in [6, 6.07) is 20.0. The second-order valence-electron chi connectivity index (χ2n) is 8.51. The van der Waals surface area contributed by atoms with Crippen LogP contribution in [0.4, 0.5) is 4.79 Å². The van der Waals surface area contributed by atoms with Gasteiger partial charge in [-0.05, 0) is 50.3 Å². The number of nitrogens with zero attached hydrogens (tertiary/aromatic N) is 2. The van der Waals surface area contributed by atoms with Crippen molar-refractivity contribution in [2.24, 2.45) is 0 Å². The molecule has 3 aromatic rings. The SMILES string of the molecule is O=C(O)COC1(c2ccc(Br)cn2)CCN(C(=O)OCC2c3ccccc3-c3ccccc32)C1. The van der Waals surface area contributed by atoms with Crippen molar-refractivity contribution in [1.29, 1.82) is 0 Å². The number of carbonyl (C=O) groups excluding carboxylic acids is 1. The number of aliphatic carboxylic acids is 1. The van der Waals surface area contributed by atoms with Crippen LogP contribution in [0.3, 0.4) is 0 Å². The molecule has 174 valence electrons. The summed E-state index contributed by atoms with van der Waals surface area (Å²) in [5, 5.41) is 9.16. The van der Waals surface area contributed by atoms with E-state index in [1.165, 1.54) is 11.1 Å². The number of hydrogen-bond donors (Lipinski definition) is 1. The molecule has 1 amide bonds. The molecule has 2 heterocycles. The van der Waals surface area contributed by atoms with E-state index in [-0.39, 0.29) is 19.1 Å². The molecule has 5 rings (SSSR count). The molecule has 1 aliphatic heterocycles. The smallest absolute Gasteiger partial charge is 0.409 e. The number of carboxylic acid groups (broad SMARTS) is 1. The Morgan fingerprint density at radius 3 is 2.35 bits per heavy atom. The van der Waals surface area contributed by atoms with Gasteiger partial charge in [-0.25, -0.2) is 9.59 Å². The van der Waals surface area contributed by atoms with Gasteiger partial charge in [0, 0.05) is 29.6 Å². The molecule has 8 heteroatoms. The Bertz CT molecular complexity index is 1190. The summed E-state index contributed by atoms with van der Waals surface area (Å²) in [4.78, 5) is 30.2. The fourth-order valence-electron chi connectivity index (χ4n) is 4.87. The quantitative estimate of drug-likeness (QED) is 0.500. The van der Waals surface area contributed by atoms with E-state index in [9.17, 15) is 9.59 Å².